The zero-order chi connectivity index (χ0) is 27.9. The highest BCUT2D eigenvalue weighted by Crippen LogP contribution is 2.28. The second-order valence-electron chi connectivity index (χ2n) is 9.67. The summed E-state index contributed by atoms with van der Waals surface area (Å²) >= 11 is 0. The molecule has 1 N–H and O–H groups in total. The Morgan fingerprint density at radius 1 is 1.00 bits per heavy atom. The molecule has 0 saturated carbocycles. The predicted molar refractivity (Wildman–Crippen MR) is 152 cm³/mol. The molecular formula is C30H34N6O4. The molecule has 0 bridgehead atoms. The third-order valence-electron chi connectivity index (χ3n) is 7.24. The van der Waals surface area contributed by atoms with Crippen molar-refractivity contribution in [1.29, 1.82) is 0 Å². The van der Waals surface area contributed by atoms with E-state index in [1.54, 1.807) is 26.6 Å². The van der Waals surface area contributed by atoms with E-state index in [1.165, 1.54) is 7.11 Å². The quantitative estimate of drug-likeness (QED) is 0.299. The lowest BCUT2D eigenvalue weighted by Crippen LogP contribution is -2.48. The van der Waals surface area contributed by atoms with Gasteiger partial charge in [-0.15, -0.1) is 0 Å². The molecule has 2 aromatic heterocycles. The van der Waals surface area contributed by atoms with E-state index >= 15 is 0 Å². The standard InChI is InChI=1S/C30H34N6O4/c1-38-25-16-21(17-26(19-25)39-2)20-32-28(30(37)40-3)22-9-14-35(15-10-22)27-8-12-31-29(34-27)23-6-4-7-24(18-23)36-13-5-11-33-36/h4-8,11-13,16-19,22,28,32H,9-10,14-15,20H2,1-3H3. The highest BCUT2D eigenvalue weighted by atomic mass is 16.5. The van der Waals surface area contributed by atoms with Gasteiger partial charge < -0.3 is 24.4 Å². The topological polar surface area (TPSA) is 104 Å². The highest BCUT2D eigenvalue weighted by Gasteiger charge is 2.32. The van der Waals surface area contributed by atoms with Gasteiger partial charge in [0.15, 0.2) is 5.82 Å². The van der Waals surface area contributed by atoms with E-state index in [-0.39, 0.29) is 11.9 Å². The minimum absolute atomic E-state index is 0.128. The van der Waals surface area contributed by atoms with Crippen molar-refractivity contribution in [3.8, 4) is 28.6 Å². The van der Waals surface area contributed by atoms with Crippen molar-refractivity contribution >= 4 is 11.8 Å². The number of benzene rings is 2. The van der Waals surface area contributed by atoms with Crippen molar-refractivity contribution < 1.29 is 19.0 Å². The van der Waals surface area contributed by atoms with Crippen LogP contribution >= 0.6 is 0 Å². The summed E-state index contributed by atoms with van der Waals surface area (Å²) in [4.78, 5) is 24.4. The number of nitrogens with one attached hydrogen (secondary N) is 1. The van der Waals surface area contributed by atoms with Crippen LogP contribution in [0.25, 0.3) is 17.1 Å². The number of rotatable bonds is 10. The minimum Gasteiger partial charge on any atom is -0.497 e. The predicted octanol–water partition coefficient (Wildman–Crippen LogP) is 3.89. The zero-order valence-electron chi connectivity index (χ0n) is 23.0. The maximum atomic E-state index is 12.8. The summed E-state index contributed by atoms with van der Waals surface area (Å²) in [5, 5.41) is 7.74. The van der Waals surface area contributed by atoms with Crippen LogP contribution in [0.15, 0.2) is 73.2 Å². The summed E-state index contributed by atoms with van der Waals surface area (Å²) in [6, 6.07) is 17.1. The molecule has 1 saturated heterocycles. The van der Waals surface area contributed by atoms with E-state index in [2.05, 4.69) is 20.3 Å². The summed E-state index contributed by atoms with van der Waals surface area (Å²) in [6.07, 6.45) is 7.10. The number of nitrogens with zero attached hydrogens (tertiary/aromatic N) is 5. The molecule has 1 fully saturated rings. The molecule has 208 valence electrons. The number of hydrogen-bond donors (Lipinski definition) is 1. The molecule has 0 radical (unpaired) electrons. The summed E-state index contributed by atoms with van der Waals surface area (Å²) in [6.45, 7) is 2.04. The Morgan fingerprint density at radius 3 is 2.45 bits per heavy atom. The molecule has 1 aliphatic heterocycles. The molecule has 0 amide bonds. The van der Waals surface area contributed by atoms with E-state index in [9.17, 15) is 4.79 Å². The Labute approximate surface area is 233 Å². The fourth-order valence-electron chi connectivity index (χ4n) is 5.10. The van der Waals surface area contributed by atoms with Crippen LogP contribution in [-0.2, 0) is 16.1 Å². The Balaban J connectivity index is 1.25. The maximum absolute atomic E-state index is 12.8. The second-order valence-corrected chi connectivity index (χ2v) is 9.67. The molecular weight excluding hydrogens is 508 g/mol. The van der Waals surface area contributed by atoms with Crippen molar-refractivity contribution in [2.24, 2.45) is 5.92 Å². The lowest BCUT2D eigenvalue weighted by Gasteiger charge is -2.36. The molecule has 1 aliphatic rings. The lowest BCUT2D eigenvalue weighted by atomic mass is 9.89. The third kappa shape index (κ3) is 6.23. The molecule has 5 rings (SSSR count). The molecule has 40 heavy (non-hydrogen) atoms. The number of anilines is 1. The molecule has 1 unspecified atom stereocenters. The average molecular weight is 543 g/mol. The number of piperidine rings is 1. The minimum atomic E-state index is -0.421. The van der Waals surface area contributed by atoms with Gasteiger partial charge in [0.25, 0.3) is 0 Å². The first-order valence-electron chi connectivity index (χ1n) is 13.3. The molecule has 1 atom stereocenters. The highest BCUT2D eigenvalue weighted by molar-refractivity contribution is 5.76. The number of methoxy groups -OCH3 is 3. The van der Waals surface area contributed by atoms with E-state index in [0.29, 0.717) is 23.9 Å². The summed E-state index contributed by atoms with van der Waals surface area (Å²) < 4.78 is 17.7. The Kier molecular flexibility index (Phi) is 8.56. The number of esters is 1. The molecule has 0 spiro atoms. The Morgan fingerprint density at radius 2 is 1.77 bits per heavy atom. The normalized spacial score (nSPS) is 14.5. The number of carbonyl (C=O) groups is 1. The zero-order valence-corrected chi connectivity index (χ0v) is 23.0. The number of hydrogen-bond acceptors (Lipinski definition) is 9. The fourth-order valence-corrected chi connectivity index (χ4v) is 5.10. The van der Waals surface area contributed by atoms with Gasteiger partial charge in [-0.05, 0) is 60.7 Å². The van der Waals surface area contributed by atoms with Crippen LogP contribution in [0.4, 0.5) is 5.82 Å². The lowest BCUT2D eigenvalue weighted by molar-refractivity contribution is -0.145. The van der Waals surface area contributed by atoms with E-state index in [1.807, 2.05) is 65.5 Å². The maximum Gasteiger partial charge on any atom is 0.323 e. The Hall–Kier alpha value is -4.44. The van der Waals surface area contributed by atoms with Crippen LogP contribution in [0.2, 0.25) is 0 Å². The number of carbonyl (C=O) groups excluding carboxylic acids is 1. The molecule has 4 aromatic rings. The average Bonchev–Trinajstić information content (AvgIpc) is 3.56. The number of ether oxygens (including phenoxy) is 3. The second kappa shape index (κ2) is 12.6. The van der Waals surface area contributed by atoms with Gasteiger partial charge in [0, 0.05) is 49.9 Å². The van der Waals surface area contributed by atoms with Crippen LogP contribution in [0, 0.1) is 5.92 Å². The Bertz CT molecular complexity index is 1400. The van der Waals surface area contributed by atoms with Gasteiger partial charge in [0.1, 0.15) is 23.4 Å². The third-order valence-corrected chi connectivity index (χ3v) is 7.24. The molecule has 10 heteroatoms. The van der Waals surface area contributed by atoms with Gasteiger partial charge >= 0.3 is 5.97 Å². The first-order valence-corrected chi connectivity index (χ1v) is 13.3. The van der Waals surface area contributed by atoms with Crippen LogP contribution in [0.1, 0.15) is 18.4 Å². The van der Waals surface area contributed by atoms with Gasteiger partial charge in [0.05, 0.1) is 27.0 Å². The number of aromatic nitrogens is 4. The van der Waals surface area contributed by atoms with E-state index < -0.39 is 6.04 Å². The van der Waals surface area contributed by atoms with Gasteiger partial charge in [-0.3, -0.25) is 4.79 Å². The van der Waals surface area contributed by atoms with Gasteiger partial charge in [0.2, 0.25) is 0 Å². The molecule has 2 aromatic carbocycles. The van der Waals surface area contributed by atoms with E-state index in [4.69, 9.17) is 19.2 Å². The smallest absolute Gasteiger partial charge is 0.323 e. The first kappa shape index (κ1) is 27.1. The van der Waals surface area contributed by atoms with Crippen molar-refractivity contribution in [2.45, 2.75) is 25.4 Å². The monoisotopic (exact) mass is 542 g/mol. The first-order chi connectivity index (χ1) is 19.6. The summed E-state index contributed by atoms with van der Waals surface area (Å²) in [7, 11) is 4.68. The van der Waals surface area contributed by atoms with Gasteiger partial charge in [-0.1, -0.05) is 12.1 Å². The van der Waals surface area contributed by atoms with Gasteiger partial charge in [-0.25, -0.2) is 14.6 Å². The van der Waals surface area contributed by atoms with Crippen LogP contribution in [0.5, 0.6) is 11.5 Å². The SMILES string of the molecule is COC(=O)C(NCc1cc(OC)cc(OC)c1)C1CCN(c2ccnc(-c3cccc(-n4cccn4)c3)n2)CC1. The van der Waals surface area contributed by atoms with Crippen molar-refractivity contribution in [3.05, 3.63) is 78.8 Å². The largest absolute Gasteiger partial charge is 0.497 e. The van der Waals surface area contributed by atoms with Crippen molar-refractivity contribution in [1.82, 2.24) is 25.1 Å². The summed E-state index contributed by atoms with van der Waals surface area (Å²) in [5.74, 6) is 2.82. The molecule has 3 heterocycles. The summed E-state index contributed by atoms with van der Waals surface area (Å²) in [5.41, 5.74) is 2.84. The van der Waals surface area contributed by atoms with Gasteiger partial charge in [-0.2, -0.15) is 5.10 Å². The fraction of sp³-hybridized carbons (Fsp3) is 0.333. The molecule has 0 aliphatic carbocycles. The van der Waals surface area contributed by atoms with Crippen LogP contribution < -0.4 is 19.7 Å². The van der Waals surface area contributed by atoms with E-state index in [0.717, 1.165) is 48.6 Å². The van der Waals surface area contributed by atoms with Crippen molar-refractivity contribution in [2.75, 3.05) is 39.3 Å². The van der Waals surface area contributed by atoms with Crippen LogP contribution in [-0.4, -0.2) is 66.2 Å². The van der Waals surface area contributed by atoms with Crippen LogP contribution in [0.3, 0.4) is 0 Å². The molecule has 10 nitrogen and oxygen atoms in total. The van der Waals surface area contributed by atoms with Crippen molar-refractivity contribution in [3.63, 3.8) is 0 Å².